The lowest BCUT2D eigenvalue weighted by atomic mass is 10.3. The summed E-state index contributed by atoms with van der Waals surface area (Å²) < 4.78 is 4.08. The van der Waals surface area contributed by atoms with Gasteiger partial charge in [-0.3, -0.25) is 0 Å². The molecule has 1 rings (SSSR count). The summed E-state index contributed by atoms with van der Waals surface area (Å²) in [6, 6.07) is 7.24. The highest BCUT2D eigenvalue weighted by molar-refractivity contribution is 9.40. The van der Waals surface area contributed by atoms with Crippen molar-refractivity contribution in [3.8, 4) is 5.75 Å². The van der Waals surface area contributed by atoms with Crippen molar-refractivity contribution in [3.63, 3.8) is 0 Å². The molecule has 3 nitrogen and oxygen atoms in total. The lowest BCUT2D eigenvalue weighted by Crippen LogP contribution is -2.77. The van der Waals surface area contributed by atoms with E-state index in [0.717, 1.165) is 12.2 Å². The Balaban J connectivity index is 2.62. The molecule has 92 valence electrons. The number of benzene rings is 1. The Morgan fingerprint density at radius 1 is 1.35 bits per heavy atom. The maximum absolute atomic E-state index is 11.5. The average molecular weight is 429 g/mol. The number of halogens is 3. The molecule has 0 atom stereocenters. The van der Waals surface area contributed by atoms with Crippen molar-refractivity contribution < 1.29 is 14.8 Å². The van der Waals surface area contributed by atoms with Crippen LogP contribution in [0.5, 0.6) is 5.75 Å². The van der Waals surface area contributed by atoms with Crippen molar-refractivity contribution in [2.75, 3.05) is 6.54 Å². The predicted molar refractivity (Wildman–Crippen MR) is 78.2 cm³/mol. The fraction of sp³-hybridized carbons (Fsp3) is 0.182. The van der Waals surface area contributed by atoms with E-state index >= 15 is 0 Å². The smallest absolute Gasteiger partial charge is 0.350 e. The van der Waals surface area contributed by atoms with E-state index in [2.05, 4.69) is 54.4 Å². The minimum absolute atomic E-state index is 0.472. The molecule has 0 aliphatic carbocycles. The molecule has 0 fully saturated rings. The highest BCUT2D eigenvalue weighted by atomic mass is 80.0. The maximum Gasteiger partial charge on any atom is 0.350 e. The summed E-state index contributed by atoms with van der Waals surface area (Å²) in [5, 5.41) is 2.03. The lowest BCUT2D eigenvalue weighted by molar-refractivity contribution is -0.561. The van der Waals surface area contributed by atoms with Crippen LogP contribution in [0.1, 0.15) is 0 Å². The number of quaternary nitrogens is 1. The van der Waals surface area contributed by atoms with Gasteiger partial charge in [-0.1, -0.05) is 6.58 Å². The third-order valence-corrected chi connectivity index (χ3v) is 2.81. The fourth-order valence-electron chi connectivity index (χ4n) is 1.06. The summed E-state index contributed by atoms with van der Waals surface area (Å²) >= 11 is 9.27. The van der Waals surface area contributed by atoms with E-state index in [9.17, 15) is 4.79 Å². The minimum atomic E-state index is -1.04. The van der Waals surface area contributed by atoms with Gasteiger partial charge in [0.05, 0.1) is 6.54 Å². The van der Waals surface area contributed by atoms with Crippen LogP contribution in [0.15, 0.2) is 36.9 Å². The van der Waals surface area contributed by atoms with Crippen molar-refractivity contribution in [3.05, 3.63) is 36.9 Å². The van der Waals surface area contributed by atoms with Gasteiger partial charge in [-0.15, -0.1) is 0 Å². The number of nitrogens with two attached hydrogens (primary N) is 1. The second-order valence-electron chi connectivity index (χ2n) is 3.18. The number of carbonyl (C=O) groups is 1. The Morgan fingerprint density at radius 3 is 2.41 bits per heavy atom. The number of ether oxygens (including phenoxy) is 1. The highest BCUT2D eigenvalue weighted by Gasteiger charge is 2.31. The zero-order valence-corrected chi connectivity index (χ0v) is 13.6. The Hall–Kier alpha value is -0.170. The van der Waals surface area contributed by atoms with Crippen LogP contribution in [0.2, 0.25) is 0 Å². The Labute approximate surface area is 125 Å². The van der Waals surface area contributed by atoms with Gasteiger partial charge in [-0.2, -0.15) is 0 Å². The van der Waals surface area contributed by atoms with Gasteiger partial charge in [0.1, 0.15) is 11.4 Å². The summed E-state index contributed by atoms with van der Waals surface area (Å²) in [5.41, 5.74) is 1.06. The van der Waals surface area contributed by atoms with E-state index in [1.807, 2.05) is 23.5 Å². The molecule has 0 aliphatic rings. The molecule has 0 saturated heterocycles. The van der Waals surface area contributed by atoms with E-state index < -0.39 is 8.11 Å². The lowest BCUT2D eigenvalue weighted by Gasteiger charge is -2.11. The molecule has 0 heterocycles. The zero-order valence-electron chi connectivity index (χ0n) is 8.83. The number of esters is 1. The summed E-state index contributed by atoms with van der Waals surface area (Å²) in [4.78, 5) is 11.5. The van der Waals surface area contributed by atoms with E-state index in [1.165, 1.54) is 0 Å². The number of carbonyl (C=O) groups excluding carboxylic acids is 1. The van der Waals surface area contributed by atoms with Crippen LogP contribution in [0, 0.1) is 0 Å². The van der Waals surface area contributed by atoms with E-state index in [4.69, 9.17) is 4.74 Å². The molecule has 0 saturated carbocycles. The van der Waals surface area contributed by atoms with Gasteiger partial charge in [-0.05, 0) is 66.0 Å². The van der Waals surface area contributed by atoms with E-state index in [-0.39, 0.29) is 0 Å². The topological polar surface area (TPSA) is 42.9 Å². The molecule has 0 aliphatic heterocycles. The van der Waals surface area contributed by atoms with Crippen molar-refractivity contribution in [1.82, 2.24) is 0 Å². The summed E-state index contributed by atoms with van der Waals surface area (Å²) in [7, 11) is 0. The van der Waals surface area contributed by atoms with Gasteiger partial charge in [-0.25, -0.2) is 4.79 Å². The zero-order chi connectivity index (χ0) is 12.9. The molecule has 0 spiro atoms. The first-order chi connectivity index (χ1) is 7.93. The summed E-state index contributed by atoms with van der Waals surface area (Å²) in [5.74, 6) is 0.0220. The van der Waals surface area contributed by atoms with Crippen LogP contribution in [0.3, 0.4) is 0 Å². The molecular weight excluding hydrogens is 418 g/mol. The summed E-state index contributed by atoms with van der Waals surface area (Å²) in [6.07, 6.45) is 1.82. The molecular formula is C11H11Br3NO2+. The summed E-state index contributed by atoms with van der Waals surface area (Å²) in [6.45, 7) is 4.46. The van der Waals surface area contributed by atoms with Gasteiger partial charge < -0.3 is 10.1 Å². The normalized spacial score (nSPS) is 11.0. The second-order valence-corrected chi connectivity index (χ2v) is 9.95. The van der Waals surface area contributed by atoms with Crippen molar-refractivity contribution in [1.29, 1.82) is 0 Å². The number of hydrogen-bond donors (Lipinski definition) is 1. The molecule has 1 aromatic carbocycles. The molecule has 0 amide bonds. The maximum atomic E-state index is 11.5. The fourth-order valence-corrected chi connectivity index (χ4v) is 1.30. The van der Waals surface area contributed by atoms with Crippen LogP contribution in [0.4, 0.5) is 5.69 Å². The van der Waals surface area contributed by atoms with Crippen LogP contribution in [-0.2, 0) is 4.79 Å². The van der Waals surface area contributed by atoms with Crippen LogP contribution in [0.25, 0.3) is 0 Å². The highest BCUT2D eigenvalue weighted by Crippen LogP contribution is 2.35. The van der Waals surface area contributed by atoms with Gasteiger partial charge >= 0.3 is 5.97 Å². The molecule has 0 unspecified atom stereocenters. The Kier molecular flexibility index (Phi) is 5.85. The first-order valence-electron chi connectivity index (χ1n) is 4.76. The standard InChI is InChI=1S/C11H10Br3NO2/c1-2-7-15-8-3-5-9(6-4-8)17-10(16)11(12,13)14/h2-6,15H,1,7H2/p+1. The monoisotopic (exact) mass is 426 g/mol. The number of alkyl halides is 3. The van der Waals surface area contributed by atoms with Crippen molar-refractivity contribution in [2.45, 2.75) is 2.14 Å². The van der Waals surface area contributed by atoms with Crippen LogP contribution in [-0.4, -0.2) is 14.7 Å². The second kappa shape index (κ2) is 6.68. The minimum Gasteiger partial charge on any atom is -0.424 e. The van der Waals surface area contributed by atoms with Gasteiger partial charge in [0.2, 0.25) is 2.14 Å². The SMILES string of the molecule is C=CC[NH2+]c1ccc(OC(=O)C(Br)(Br)Br)cc1. The third-order valence-electron chi connectivity index (χ3n) is 1.84. The molecule has 0 aromatic heterocycles. The molecule has 0 radical (unpaired) electrons. The van der Waals surface area contributed by atoms with Crippen molar-refractivity contribution >= 4 is 59.4 Å². The molecule has 6 heteroatoms. The van der Waals surface area contributed by atoms with Crippen LogP contribution >= 0.6 is 47.8 Å². The Morgan fingerprint density at radius 2 is 1.94 bits per heavy atom. The van der Waals surface area contributed by atoms with Crippen molar-refractivity contribution in [2.24, 2.45) is 0 Å². The first-order valence-corrected chi connectivity index (χ1v) is 7.14. The average Bonchev–Trinajstić information content (AvgIpc) is 2.27. The third kappa shape index (κ3) is 5.33. The number of rotatable bonds is 4. The predicted octanol–water partition coefficient (Wildman–Crippen LogP) is 2.81. The quantitative estimate of drug-likeness (QED) is 0.263. The molecule has 1 aromatic rings. The largest absolute Gasteiger partial charge is 0.424 e. The van der Waals surface area contributed by atoms with E-state index in [1.54, 1.807) is 12.1 Å². The van der Waals surface area contributed by atoms with E-state index in [0.29, 0.717) is 5.75 Å². The number of hydrogen-bond acceptors (Lipinski definition) is 2. The van der Waals surface area contributed by atoms with Gasteiger partial charge in [0.25, 0.3) is 0 Å². The Bertz CT molecular complexity index is 398. The van der Waals surface area contributed by atoms with Crippen LogP contribution < -0.4 is 10.1 Å². The van der Waals surface area contributed by atoms with Gasteiger partial charge in [0, 0.05) is 12.1 Å². The molecule has 0 bridgehead atoms. The van der Waals surface area contributed by atoms with Gasteiger partial charge in [0.15, 0.2) is 0 Å². The first kappa shape index (κ1) is 14.9. The molecule has 2 N–H and O–H groups in total. The molecule has 17 heavy (non-hydrogen) atoms.